The molecule has 0 radical (unpaired) electrons. The quantitative estimate of drug-likeness (QED) is 0.488. The van der Waals surface area contributed by atoms with Crippen LogP contribution >= 0.6 is 0 Å². The molecule has 0 saturated carbocycles. The third-order valence-electron chi connectivity index (χ3n) is 5.28. The molecule has 0 bridgehead atoms. The number of rotatable bonds is 4. The average Bonchev–Trinajstić information content (AvgIpc) is 3.34. The van der Waals surface area contributed by atoms with E-state index in [2.05, 4.69) is 12.0 Å². The van der Waals surface area contributed by atoms with Gasteiger partial charge in [-0.3, -0.25) is 14.9 Å². The molecule has 3 heterocycles. The first-order valence-corrected chi connectivity index (χ1v) is 9.63. The van der Waals surface area contributed by atoms with Gasteiger partial charge in [0.25, 0.3) is 11.6 Å². The summed E-state index contributed by atoms with van der Waals surface area (Å²) in [6.45, 7) is 5.40. The average molecular weight is 394 g/mol. The molecule has 0 unspecified atom stereocenters. The Morgan fingerprint density at radius 2 is 1.97 bits per heavy atom. The van der Waals surface area contributed by atoms with E-state index in [4.69, 9.17) is 4.42 Å². The summed E-state index contributed by atoms with van der Waals surface area (Å²) in [6.07, 6.45) is 1.92. The highest BCUT2D eigenvalue weighted by molar-refractivity contribution is 5.94. The Labute approximate surface area is 167 Å². The van der Waals surface area contributed by atoms with Crippen LogP contribution in [-0.4, -0.2) is 38.6 Å². The lowest BCUT2D eigenvalue weighted by atomic mass is 9.99. The minimum absolute atomic E-state index is 0.0569. The number of nitro groups is 1. The second kappa shape index (κ2) is 7.54. The fourth-order valence-electron chi connectivity index (χ4n) is 3.53. The molecule has 1 aliphatic heterocycles. The molecule has 8 nitrogen and oxygen atoms in total. The number of furan rings is 1. The normalized spacial score (nSPS) is 14.9. The minimum Gasteiger partial charge on any atom is -0.460 e. The summed E-state index contributed by atoms with van der Waals surface area (Å²) in [5.74, 6) is 1.75. The number of aromatic nitrogens is 2. The maximum atomic E-state index is 13.3. The summed E-state index contributed by atoms with van der Waals surface area (Å²) in [4.78, 5) is 25.8. The molecule has 0 aliphatic carbocycles. The van der Waals surface area contributed by atoms with E-state index >= 15 is 0 Å². The molecule has 0 N–H and O–H groups in total. The largest absolute Gasteiger partial charge is 0.460 e. The molecular weight excluding hydrogens is 372 g/mol. The van der Waals surface area contributed by atoms with E-state index in [-0.39, 0.29) is 11.6 Å². The Morgan fingerprint density at radius 1 is 1.21 bits per heavy atom. The van der Waals surface area contributed by atoms with Gasteiger partial charge in [-0.05, 0) is 43.9 Å². The summed E-state index contributed by atoms with van der Waals surface area (Å²) < 4.78 is 7.14. The number of aryl methyl sites for hydroxylation is 1. The zero-order valence-electron chi connectivity index (χ0n) is 16.4. The van der Waals surface area contributed by atoms with E-state index in [0.717, 1.165) is 18.6 Å². The number of carbonyl (C=O) groups excluding carboxylic acids is 1. The van der Waals surface area contributed by atoms with Crippen molar-refractivity contribution in [3.63, 3.8) is 0 Å². The van der Waals surface area contributed by atoms with Crippen LogP contribution in [0.2, 0.25) is 0 Å². The molecule has 1 aliphatic rings. The second-order valence-electron chi connectivity index (χ2n) is 7.49. The summed E-state index contributed by atoms with van der Waals surface area (Å²) >= 11 is 0. The molecule has 4 rings (SSSR count). The number of nitro benzene ring substituents is 1. The van der Waals surface area contributed by atoms with E-state index in [1.807, 2.05) is 17.9 Å². The molecule has 1 aromatic carbocycles. The Morgan fingerprint density at radius 3 is 2.62 bits per heavy atom. The zero-order valence-corrected chi connectivity index (χ0v) is 16.4. The number of benzene rings is 1. The molecule has 0 atom stereocenters. The predicted octanol–water partition coefficient (Wildman–Crippen LogP) is 4.22. The molecule has 29 heavy (non-hydrogen) atoms. The molecule has 8 heteroatoms. The monoisotopic (exact) mass is 394 g/mol. The number of likely N-dealkylation sites (tertiary alicyclic amines) is 1. The first kappa shape index (κ1) is 18.9. The molecule has 150 valence electrons. The lowest BCUT2D eigenvalue weighted by molar-refractivity contribution is -0.384. The molecule has 3 aromatic rings. The number of piperidine rings is 1. The van der Waals surface area contributed by atoms with Gasteiger partial charge in [-0.25, -0.2) is 4.68 Å². The fourth-order valence-corrected chi connectivity index (χ4v) is 3.53. The van der Waals surface area contributed by atoms with Gasteiger partial charge in [0.2, 0.25) is 0 Å². The van der Waals surface area contributed by atoms with Crippen molar-refractivity contribution < 1.29 is 14.1 Å². The van der Waals surface area contributed by atoms with E-state index in [1.54, 1.807) is 24.3 Å². The molecule has 1 amide bonds. The van der Waals surface area contributed by atoms with E-state index in [1.165, 1.54) is 16.8 Å². The van der Waals surface area contributed by atoms with Gasteiger partial charge < -0.3 is 9.32 Å². The summed E-state index contributed by atoms with van der Waals surface area (Å²) in [6, 6.07) is 11.4. The summed E-state index contributed by atoms with van der Waals surface area (Å²) in [5.41, 5.74) is 1.28. The first-order valence-electron chi connectivity index (χ1n) is 9.63. The van der Waals surface area contributed by atoms with Crippen LogP contribution in [0.4, 0.5) is 5.69 Å². The van der Waals surface area contributed by atoms with Crippen molar-refractivity contribution >= 4 is 11.6 Å². The Hall–Kier alpha value is -3.42. The Kier molecular flexibility index (Phi) is 4.92. The third kappa shape index (κ3) is 3.78. The van der Waals surface area contributed by atoms with Crippen LogP contribution in [0.1, 0.15) is 36.0 Å². The molecule has 0 spiro atoms. The van der Waals surface area contributed by atoms with Gasteiger partial charge in [-0.2, -0.15) is 5.10 Å². The Balaban J connectivity index is 1.78. The highest BCUT2D eigenvalue weighted by Gasteiger charge is 2.26. The van der Waals surface area contributed by atoms with Crippen LogP contribution in [0.3, 0.4) is 0 Å². The summed E-state index contributed by atoms with van der Waals surface area (Å²) in [5, 5.41) is 15.7. The summed E-state index contributed by atoms with van der Waals surface area (Å²) in [7, 11) is 0. The smallest absolute Gasteiger partial charge is 0.272 e. The molecule has 1 saturated heterocycles. The predicted molar refractivity (Wildman–Crippen MR) is 107 cm³/mol. The van der Waals surface area contributed by atoms with Crippen LogP contribution in [0.15, 0.2) is 46.9 Å². The lowest BCUT2D eigenvalue weighted by Crippen LogP contribution is -2.38. The van der Waals surface area contributed by atoms with Gasteiger partial charge in [0.1, 0.15) is 17.1 Å². The number of carbonyl (C=O) groups is 1. The SMILES string of the molecule is Cc1ccc(-c2cc(C(=O)N3CCC(C)CC3)n(-c3cccc([N+](=O)[O-])c3)n2)o1. The van der Waals surface area contributed by atoms with Gasteiger partial charge in [0, 0.05) is 31.3 Å². The standard InChI is InChI=1S/C21H22N4O4/c1-14-8-10-23(11-9-14)21(26)19-13-18(20-7-6-15(2)29-20)22-24(19)16-4-3-5-17(12-16)25(27)28/h3-7,12-14H,8-11H2,1-2H3. The minimum atomic E-state index is -0.461. The van der Waals surface area contributed by atoms with Crippen molar-refractivity contribution in [3.05, 3.63) is 64.0 Å². The lowest BCUT2D eigenvalue weighted by Gasteiger charge is -2.30. The van der Waals surface area contributed by atoms with Crippen molar-refractivity contribution in [1.29, 1.82) is 0 Å². The number of nitrogens with zero attached hydrogens (tertiary/aromatic N) is 4. The van der Waals surface area contributed by atoms with Crippen molar-refractivity contribution in [2.45, 2.75) is 26.7 Å². The molecule has 2 aromatic heterocycles. The van der Waals surface area contributed by atoms with Gasteiger partial charge in [-0.15, -0.1) is 0 Å². The highest BCUT2D eigenvalue weighted by atomic mass is 16.6. The number of non-ortho nitro benzene ring substituents is 1. The zero-order chi connectivity index (χ0) is 20.5. The third-order valence-corrected chi connectivity index (χ3v) is 5.28. The molecule has 1 fully saturated rings. The number of hydrogen-bond acceptors (Lipinski definition) is 5. The maximum Gasteiger partial charge on any atom is 0.272 e. The number of hydrogen-bond donors (Lipinski definition) is 0. The van der Waals surface area contributed by atoms with E-state index in [0.29, 0.717) is 41.8 Å². The highest BCUT2D eigenvalue weighted by Crippen LogP contribution is 2.27. The Bertz CT molecular complexity index is 1060. The first-order chi connectivity index (χ1) is 13.9. The van der Waals surface area contributed by atoms with Crippen molar-refractivity contribution in [2.75, 3.05) is 13.1 Å². The second-order valence-corrected chi connectivity index (χ2v) is 7.49. The van der Waals surface area contributed by atoms with Gasteiger partial charge in [0.05, 0.1) is 10.6 Å². The molecular formula is C21H22N4O4. The van der Waals surface area contributed by atoms with Crippen LogP contribution in [0.25, 0.3) is 17.1 Å². The van der Waals surface area contributed by atoms with Crippen LogP contribution < -0.4 is 0 Å². The van der Waals surface area contributed by atoms with E-state index < -0.39 is 4.92 Å². The fraction of sp³-hybridized carbons (Fsp3) is 0.333. The van der Waals surface area contributed by atoms with Crippen LogP contribution in [-0.2, 0) is 0 Å². The number of amides is 1. The van der Waals surface area contributed by atoms with Crippen molar-refractivity contribution in [1.82, 2.24) is 14.7 Å². The van der Waals surface area contributed by atoms with Gasteiger partial charge in [0.15, 0.2) is 5.76 Å². The van der Waals surface area contributed by atoms with E-state index in [9.17, 15) is 14.9 Å². The van der Waals surface area contributed by atoms with Gasteiger partial charge in [-0.1, -0.05) is 13.0 Å². The van der Waals surface area contributed by atoms with Crippen molar-refractivity contribution in [2.24, 2.45) is 5.92 Å². The maximum absolute atomic E-state index is 13.3. The van der Waals surface area contributed by atoms with Crippen LogP contribution in [0.5, 0.6) is 0 Å². The van der Waals surface area contributed by atoms with Crippen LogP contribution in [0, 0.1) is 23.0 Å². The topological polar surface area (TPSA) is 94.4 Å². The van der Waals surface area contributed by atoms with Crippen molar-refractivity contribution in [3.8, 4) is 17.1 Å². The van der Waals surface area contributed by atoms with Gasteiger partial charge >= 0.3 is 0 Å².